The minimum absolute atomic E-state index is 0. The molecule has 9 heteroatoms. The molecule has 0 fully saturated rings. The Morgan fingerprint density at radius 2 is 0.930 bits per heavy atom. The molecule has 6 rings (SSSR count). The van der Waals surface area contributed by atoms with Gasteiger partial charge in [0.2, 0.25) is 0 Å². The van der Waals surface area contributed by atoms with Crippen molar-refractivity contribution in [2.75, 3.05) is 0 Å². The third-order valence-corrected chi connectivity index (χ3v) is 19.7. The Hall–Kier alpha value is -2.73. The van der Waals surface area contributed by atoms with E-state index in [1.807, 2.05) is 0 Å². The van der Waals surface area contributed by atoms with Gasteiger partial charge in [0.1, 0.15) is 0 Å². The van der Waals surface area contributed by atoms with Crippen LogP contribution in [-0.2, 0) is 44.4 Å². The molecule has 0 nitrogen and oxygen atoms in total. The summed E-state index contributed by atoms with van der Waals surface area (Å²) < 4.78 is 86.3. The Bertz CT molecular complexity index is 2060. The number of benzene rings is 4. The molecule has 0 spiro atoms. The summed E-state index contributed by atoms with van der Waals surface area (Å²) in [4.78, 5) is 0. The fourth-order valence-corrected chi connectivity index (χ4v) is 17.6. The van der Waals surface area contributed by atoms with E-state index in [9.17, 15) is 26.3 Å². The van der Waals surface area contributed by atoms with Crippen LogP contribution in [0.3, 0.4) is 0 Å². The van der Waals surface area contributed by atoms with Crippen molar-refractivity contribution in [3.8, 4) is 11.1 Å². The first-order valence-electron chi connectivity index (χ1n) is 19.2. The molecule has 0 N–H and O–H groups in total. The van der Waals surface area contributed by atoms with E-state index in [0.29, 0.717) is 11.1 Å². The number of allylic oxidation sites excluding steroid dienone is 4. The third-order valence-electron chi connectivity index (χ3n) is 11.2. The molecule has 304 valence electrons. The first-order chi connectivity index (χ1) is 25.4. The Labute approximate surface area is 355 Å². The summed E-state index contributed by atoms with van der Waals surface area (Å²) in [6, 6.07) is 24.2. The summed E-state index contributed by atoms with van der Waals surface area (Å²) in [5.41, 5.74) is 7.62. The van der Waals surface area contributed by atoms with Gasteiger partial charge in [0, 0.05) is 0 Å². The maximum absolute atomic E-state index is 14.0. The normalized spacial score (nSPS) is 15.7. The van der Waals surface area contributed by atoms with Crippen molar-refractivity contribution < 1.29 is 72.4 Å². The molecule has 2 aliphatic rings. The van der Waals surface area contributed by atoms with Gasteiger partial charge in [0.15, 0.2) is 0 Å². The van der Waals surface area contributed by atoms with Crippen LogP contribution in [0.25, 0.3) is 11.1 Å². The molecule has 0 amide bonds. The molecule has 4 aromatic rings. The predicted octanol–water partition coefficient (Wildman–Crippen LogP) is 8.57. The second kappa shape index (κ2) is 16.7. The minimum atomic E-state index is -4.53. The Morgan fingerprint density at radius 3 is 1.26 bits per heavy atom. The molecule has 1 atom stereocenters. The van der Waals surface area contributed by atoms with Crippen LogP contribution in [0, 0.1) is 11.3 Å². The number of hydrogen-bond acceptors (Lipinski definition) is 0. The van der Waals surface area contributed by atoms with E-state index in [1.165, 1.54) is 31.1 Å². The van der Waals surface area contributed by atoms with Gasteiger partial charge < -0.3 is 24.8 Å². The SMILES string of the molecule is CCCC1C=C(C(C)(C)C)C=[C]1[Zr+2](=[C](c1ccc(C(F)(F)F)cc1)c1ccc(C(F)(F)F)cc1)[CH]1c2cc(C(C)(C)C)ccc2-c2ccc(C(C)(C)C)cc21.[Cl-].[Cl-]. The second-order valence-corrected chi connectivity index (χ2v) is 24.4. The zero-order valence-corrected chi connectivity index (χ0v) is 38.3. The van der Waals surface area contributed by atoms with Crippen molar-refractivity contribution >= 4 is 3.21 Å². The van der Waals surface area contributed by atoms with Gasteiger partial charge >= 0.3 is 333 Å². The molecule has 4 aromatic carbocycles. The largest absolute Gasteiger partial charge is 1.00 e. The van der Waals surface area contributed by atoms with E-state index >= 15 is 0 Å². The molecule has 1 unspecified atom stereocenters. The van der Waals surface area contributed by atoms with Gasteiger partial charge in [-0.3, -0.25) is 0 Å². The summed E-state index contributed by atoms with van der Waals surface area (Å²) in [6.45, 7) is 21.9. The number of halogens is 8. The fraction of sp³-hybridized carbons (Fsp3) is 0.396. The van der Waals surface area contributed by atoms with Crippen LogP contribution in [0.15, 0.2) is 106 Å². The van der Waals surface area contributed by atoms with Crippen LogP contribution in [0.5, 0.6) is 0 Å². The molecule has 0 radical (unpaired) electrons. The molecule has 57 heavy (non-hydrogen) atoms. The van der Waals surface area contributed by atoms with E-state index in [0.717, 1.165) is 51.4 Å². The molecule has 0 bridgehead atoms. The number of alkyl halides is 6. The van der Waals surface area contributed by atoms with Gasteiger partial charge in [-0.25, -0.2) is 0 Å². The van der Waals surface area contributed by atoms with Crippen molar-refractivity contribution in [3.05, 3.63) is 150 Å². The van der Waals surface area contributed by atoms with E-state index in [4.69, 9.17) is 0 Å². The van der Waals surface area contributed by atoms with Crippen molar-refractivity contribution in [3.63, 3.8) is 0 Å². The summed E-state index contributed by atoms with van der Waals surface area (Å²) in [5.74, 6) is 0.108. The molecule has 0 aromatic heterocycles. The average molecular weight is 905 g/mol. The number of rotatable bonds is 6. The standard InChI is InChI=1S/C21H25.C15H8F6.C12H19.2ClH.Zr/c1-20(2,3)16-7-9-18-14(12-16)11-15-13-17(21(4,5)6)8-10-19(15)18;16-14(17,18)12-5-1-10(2-6-12)9-11-3-7-13(8-4-11)15(19,20)21;1-5-6-10-7-8-11(9-10)12(2,3)4;;;/h7-13H,1-6H3;1-8H;8-10H,5-6H2,1-4H3;2*1H;/q;;;;;+2/p-2. The third kappa shape index (κ3) is 9.68. The van der Waals surface area contributed by atoms with Crippen molar-refractivity contribution in [1.82, 2.24) is 0 Å². The monoisotopic (exact) mass is 902 g/mol. The Kier molecular flexibility index (Phi) is 13.8. The van der Waals surface area contributed by atoms with Crippen LogP contribution < -0.4 is 24.8 Å². The Balaban J connectivity index is 0.00000360. The molecule has 0 aliphatic heterocycles. The molecular weight excluding hydrogens is 853 g/mol. The van der Waals surface area contributed by atoms with E-state index < -0.39 is 44.7 Å². The van der Waals surface area contributed by atoms with E-state index in [2.05, 4.69) is 118 Å². The molecular formula is C48H52Cl2F6Zr. The summed E-state index contributed by atoms with van der Waals surface area (Å²) in [5, 5.41) is 0. The van der Waals surface area contributed by atoms with Crippen LogP contribution in [0.1, 0.15) is 130 Å². The topological polar surface area (TPSA) is 0 Å². The molecule has 0 saturated carbocycles. The summed E-state index contributed by atoms with van der Waals surface area (Å²) >= 11 is -3.62. The first-order valence-corrected chi connectivity index (χ1v) is 23.1. The predicted molar refractivity (Wildman–Crippen MR) is 211 cm³/mol. The number of fused-ring (bicyclic) bond motifs is 3. The molecule has 2 aliphatic carbocycles. The molecule has 0 heterocycles. The smallest absolute Gasteiger partial charge is 1.00 e. The first kappa shape index (κ1) is 47.0. The fourth-order valence-electron chi connectivity index (χ4n) is 8.01. The van der Waals surface area contributed by atoms with Gasteiger partial charge in [-0.05, 0) is 0 Å². The van der Waals surface area contributed by atoms with Crippen molar-refractivity contribution in [2.24, 2.45) is 11.3 Å². The maximum atomic E-state index is 14.0. The van der Waals surface area contributed by atoms with Crippen LogP contribution in [-0.4, -0.2) is 3.21 Å². The zero-order chi connectivity index (χ0) is 40.5. The zero-order valence-electron chi connectivity index (χ0n) is 34.3. The minimum Gasteiger partial charge on any atom is -1.00 e. The van der Waals surface area contributed by atoms with Gasteiger partial charge in [-0.15, -0.1) is 0 Å². The molecule has 0 saturated heterocycles. The maximum Gasteiger partial charge on any atom is -1.00 e. The van der Waals surface area contributed by atoms with Crippen LogP contribution in [0.2, 0.25) is 0 Å². The van der Waals surface area contributed by atoms with Gasteiger partial charge in [0.25, 0.3) is 0 Å². The van der Waals surface area contributed by atoms with Crippen LogP contribution >= 0.6 is 0 Å². The van der Waals surface area contributed by atoms with Gasteiger partial charge in [-0.1, -0.05) is 0 Å². The summed E-state index contributed by atoms with van der Waals surface area (Å²) in [6.07, 6.45) is -2.46. The average Bonchev–Trinajstić information content (AvgIpc) is 3.65. The quantitative estimate of drug-likeness (QED) is 0.170. The van der Waals surface area contributed by atoms with Gasteiger partial charge in [0.05, 0.1) is 0 Å². The summed E-state index contributed by atoms with van der Waals surface area (Å²) in [7, 11) is 0. The van der Waals surface area contributed by atoms with Gasteiger partial charge in [-0.2, -0.15) is 0 Å². The second-order valence-electron chi connectivity index (χ2n) is 18.3. The van der Waals surface area contributed by atoms with Crippen LogP contribution in [0.4, 0.5) is 26.3 Å². The van der Waals surface area contributed by atoms with Crippen molar-refractivity contribution in [2.45, 2.75) is 109 Å². The Morgan fingerprint density at radius 1 is 0.544 bits per heavy atom. The van der Waals surface area contributed by atoms with E-state index in [-0.39, 0.29) is 50.6 Å². The van der Waals surface area contributed by atoms with E-state index in [1.54, 1.807) is 24.3 Å². The number of hydrogen-bond donors (Lipinski definition) is 0. The van der Waals surface area contributed by atoms with Crippen molar-refractivity contribution in [1.29, 1.82) is 0 Å².